The Kier molecular flexibility index (Phi) is 3.26. The van der Waals surface area contributed by atoms with Crippen molar-refractivity contribution in [2.24, 2.45) is 0 Å². The highest BCUT2D eigenvalue weighted by atomic mass is 16.5. The molecule has 1 unspecified atom stereocenters. The molecule has 2 atom stereocenters. The van der Waals surface area contributed by atoms with Crippen molar-refractivity contribution in [3.05, 3.63) is 35.0 Å². The Balaban J connectivity index is 1.78. The van der Waals surface area contributed by atoms with E-state index >= 15 is 0 Å². The first-order valence-electron chi connectivity index (χ1n) is 7.99. The van der Waals surface area contributed by atoms with Crippen molar-refractivity contribution in [1.82, 2.24) is 24.7 Å². The molecule has 1 amide bonds. The lowest BCUT2D eigenvalue weighted by molar-refractivity contribution is 0.0785. The van der Waals surface area contributed by atoms with Gasteiger partial charge in [-0.2, -0.15) is 5.10 Å². The molecule has 2 aliphatic heterocycles. The summed E-state index contributed by atoms with van der Waals surface area (Å²) in [6.07, 6.45) is 2.53. The third-order valence-corrected chi connectivity index (χ3v) is 5.08. The van der Waals surface area contributed by atoms with Gasteiger partial charge in [0, 0.05) is 44.2 Å². The van der Waals surface area contributed by atoms with Gasteiger partial charge in [-0.1, -0.05) is 5.16 Å². The second kappa shape index (κ2) is 5.19. The Bertz CT molecular complexity index is 736. The van der Waals surface area contributed by atoms with Crippen LogP contribution >= 0.6 is 0 Å². The summed E-state index contributed by atoms with van der Waals surface area (Å²) in [5, 5.41) is 8.56. The zero-order valence-electron chi connectivity index (χ0n) is 13.7. The number of likely N-dealkylation sites (N-methyl/N-ethyl adjacent to an activating group) is 2. The quantitative estimate of drug-likeness (QED) is 0.789. The van der Waals surface area contributed by atoms with Gasteiger partial charge in [-0.15, -0.1) is 0 Å². The zero-order valence-corrected chi connectivity index (χ0v) is 13.7. The van der Waals surface area contributed by atoms with E-state index in [1.54, 1.807) is 11.1 Å². The lowest BCUT2D eigenvalue weighted by Crippen LogP contribution is -2.36. The van der Waals surface area contributed by atoms with E-state index in [1.165, 1.54) is 0 Å². The van der Waals surface area contributed by atoms with Gasteiger partial charge < -0.3 is 9.42 Å². The number of carbonyl (C=O) groups is 1. The summed E-state index contributed by atoms with van der Waals surface area (Å²) < 4.78 is 7.21. The first-order valence-corrected chi connectivity index (χ1v) is 7.99. The van der Waals surface area contributed by atoms with Crippen molar-refractivity contribution in [2.45, 2.75) is 38.4 Å². The molecule has 0 aliphatic carbocycles. The molecular weight excluding hydrogens is 294 g/mol. The fraction of sp³-hybridized carbons (Fsp3) is 0.562. The fourth-order valence-electron chi connectivity index (χ4n) is 3.57. The fourth-order valence-corrected chi connectivity index (χ4v) is 3.57. The number of aromatic nitrogens is 3. The number of rotatable bonds is 1. The van der Waals surface area contributed by atoms with Crippen molar-refractivity contribution in [3.8, 4) is 0 Å². The van der Waals surface area contributed by atoms with E-state index in [-0.39, 0.29) is 11.8 Å². The molecule has 0 saturated heterocycles. The van der Waals surface area contributed by atoms with Gasteiger partial charge in [0.15, 0.2) is 0 Å². The van der Waals surface area contributed by atoms with E-state index in [4.69, 9.17) is 9.62 Å². The largest absolute Gasteiger partial charge is 0.361 e. The summed E-state index contributed by atoms with van der Waals surface area (Å²) in [5.41, 5.74) is 2.88. The van der Waals surface area contributed by atoms with Crippen LogP contribution in [0.4, 0.5) is 0 Å². The van der Waals surface area contributed by atoms with Gasteiger partial charge in [-0.25, -0.2) is 0 Å². The molecule has 7 nitrogen and oxygen atoms in total. The third kappa shape index (κ3) is 2.26. The normalized spacial score (nSPS) is 25.2. The van der Waals surface area contributed by atoms with E-state index in [2.05, 4.69) is 24.0 Å². The molecule has 2 aliphatic rings. The molecule has 0 saturated carbocycles. The highest BCUT2D eigenvalue weighted by Crippen LogP contribution is 2.30. The van der Waals surface area contributed by atoms with Crippen LogP contribution in [0.25, 0.3) is 0 Å². The predicted molar refractivity (Wildman–Crippen MR) is 83.1 cm³/mol. The average Bonchev–Trinajstić information content (AvgIpc) is 3.12. The number of nitrogens with zero attached hydrogens (tertiary/aromatic N) is 5. The Labute approximate surface area is 134 Å². The first-order chi connectivity index (χ1) is 11.0. The van der Waals surface area contributed by atoms with Crippen LogP contribution in [0.2, 0.25) is 0 Å². The van der Waals surface area contributed by atoms with Crippen LogP contribution in [-0.4, -0.2) is 57.3 Å². The van der Waals surface area contributed by atoms with Crippen LogP contribution < -0.4 is 0 Å². The molecule has 2 aromatic rings. The summed E-state index contributed by atoms with van der Waals surface area (Å²) in [6, 6.07) is 2.31. The molecule has 23 heavy (non-hydrogen) atoms. The second-order valence-corrected chi connectivity index (χ2v) is 6.72. The SMILES string of the molecule is C[C@@H]1Cc2nn3c(c2CN1C)C(=O)N(C)CC(c1ccno1)C3. The molecule has 0 N–H and O–H groups in total. The van der Waals surface area contributed by atoms with Crippen LogP contribution in [0.5, 0.6) is 0 Å². The number of amides is 1. The van der Waals surface area contributed by atoms with Gasteiger partial charge in [0.05, 0.1) is 24.4 Å². The lowest BCUT2D eigenvalue weighted by atomic mass is 10.00. The Morgan fingerprint density at radius 3 is 2.87 bits per heavy atom. The maximum absolute atomic E-state index is 12.9. The monoisotopic (exact) mass is 315 g/mol. The predicted octanol–water partition coefficient (Wildman–Crippen LogP) is 1.12. The summed E-state index contributed by atoms with van der Waals surface area (Å²) in [7, 11) is 3.94. The van der Waals surface area contributed by atoms with E-state index < -0.39 is 0 Å². The van der Waals surface area contributed by atoms with Crippen molar-refractivity contribution in [1.29, 1.82) is 0 Å². The van der Waals surface area contributed by atoms with E-state index in [0.717, 1.165) is 35.7 Å². The molecule has 4 heterocycles. The van der Waals surface area contributed by atoms with E-state index in [0.29, 0.717) is 19.1 Å². The molecule has 2 aromatic heterocycles. The smallest absolute Gasteiger partial charge is 0.272 e. The number of hydrogen-bond acceptors (Lipinski definition) is 5. The van der Waals surface area contributed by atoms with Crippen molar-refractivity contribution >= 4 is 5.91 Å². The minimum atomic E-state index is 0.0451. The summed E-state index contributed by atoms with van der Waals surface area (Å²) in [5.74, 6) is 0.921. The zero-order chi connectivity index (χ0) is 16.1. The molecule has 122 valence electrons. The Morgan fingerprint density at radius 1 is 1.30 bits per heavy atom. The topological polar surface area (TPSA) is 67.4 Å². The maximum atomic E-state index is 12.9. The summed E-state index contributed by atoms with van der Waals surface area (Å²) >= 11 is 0. The average molecular weight is 315 g/mol. The minimum Gasteiger partial charge on any atom is -0.361 e. The van der Waals surface area contributed by atoms with E-state index in [9.17, 15) is 4.79 Å². The molecule has 0 radical (unpaired) electrons. The molecule has 4 rings (SSSR count). The summed E-state index contributed by atoms with van der Waals surface area (Å²) in [4.78, 5) is 16.9. The molecule has 7 heteroatoms. The van der Waals surface area contributed by atoms with Crippen LogP contribution in [-0.2, 0) is 19.5 Å². The van der Waals surface area contributed by atoms with Gasteiger partial charge in [0.1, 0.15) is 11.5 Å². The van der Waals surface area contributed by atoms with Crippen molar-refractivity contribution in [3.63, 3.8) is 0 Å². The first kappa shape index (κ1) is 14.4. The van der Waals surface area contributed by atoms with Gasteiger partial charge in [-0.05, 0) is 14.0 Å². The maximum Gasteiger partial charge on any atom is 0.272 e. The molecule has 0 aromatic carbocycles. The molecule has 0 bridgehead atoms. The molecular formula is C16H21N5O2. The van der Waals surface area contributed by atoms with Crippen LogP contribution in [0.3, 0.4) is 0 Å². The van der Waals surface area contributed by atoms with Crippen molar-refractivity contribution < 1.29 is 9.32 Å². The van der Waals surface area contributed by atoms with Crippen molar-refractivity contribution in [2.75, 3.05) is 20.6 Å². The second-order valence-electron chi connectivity index (χ2n) is 6.72. The van der Waals surface area contributed by atoms with Gasteiger partial charge in [0.2, 0.25) is 0 Å². The summed E-state index contributed by atoms with van der Waals surface area (Å²) in [6.45, 7) is 4.22. The number of hydrogen-bond donors (Lipinski definition) is 0. The lowest BCUT2D eigenvalue weighted by Gasteiger charge is -2.29. The number of carbonyl (C=O) groups excluding carboxylic acids is 1. The highest BCUT2D eigenvalue weighted by Gasteiger charge is 2.35. The molecule has 0 fully saturated rings. The standard InChI is InChI=1S/C16H21N5O2/c1-10-6-13-12(9-19(10)2)15-16(22)20(3)7-11(8-21(15)18-13)14-4-5-17-23-14/h4-5,10-11H,6-9H2,1-3H3/t10-,11?/m1/s1. The van der Waals surface area contributed by atoms with E-state index in [1.807, 2.05) is 17.8 Å². The van der Waals surface area contributed by atoms with Gasteiger partial charge >= 0.3 is 0 Å². The minimum absolute atomic E-state index is 0.0451. The van der Waals surface area contributed by atoms with Gasteiger partial charge in [0.25, 0.3) is 5.91 Å². The molecule has 0 spiro atoms. The van der Waals surface area contributed by atoms with Crippen LogP contribution in [0.1, 0.15) is 40.3 Å². The number of fused-ring (bicyclic) bond motifs is 3. The van der Waals surface area contributed by atoms with Gasteiger partial charge in [-0.3, -0.25) is 14.4 Å². The van der Waals surface area contributed by atoms with Crippen LogP contribution in [0.15, 0.2) is 16.8 Å². The Hall–Kier alpha value is -2.15. The van der Waals surface area contributed by atoms with Crippen LogP contribution in [0, 0.1) is 0 Å². The third-order valence-electron chi connectivity index (χ3n) is 5.08. The Morgan fingerprint density at radius 2 is 2.13 bits per heavy atom. The highest BCUT2D eigenvalue weighted by molar-refractivity contribution is 5.94.